The number of hydrogen-bond donors (Lipinski definition) is 0. The van der Waals surface area contributed by atoms with Crippen molar-refractivity contribution < 1.29 is 4.74 Å². The number of ether oxygens (including phenoxy) is 1. The molecule has 0 N–H and O–H groups in total. The molecule has 1 aliphatic rings. The smallest absolute Gasteiger partial charge is 0.0932 e. The van der Waals surface area contributed by atoms with E-state index in [0.717, 1.165) is 17.4 Å². The summed E-state index contributed by atoms with van der Waals surface area (Å²) in [7, 11) is 1.79. The number of halogens is 1. The maximum absolute atomic E-state index is 5.41. The van der Waals surface area contributed by atoms with Crippen LogP contribution >= 0.6 is 15.9 Å². The van der Waals surface area contributed by atoms with Gasteiger partial charge >= 0.3 is 0 Å². The highest BCUT2D eigenvalue weighted by molar-refractivity contribution is 9.08. The molecule has 2 atom stereocenters. The summed E-state index contributed by atoms with van der Waals surface area (Å²) >= 11 is 3.38. The third-order valence-electron chi connectivity index (χ3n) is 3.00. The molecule has 0 bridgehead atoms. The van der Waals surface area contributed by atoms with E-state index in [1.165, 1.54) is 19.3 Å². The molecular weight excluding hydrogens is 258 g/mol. The highest BCUT2D eigenvalue weighted by Crippen LogP contribution is 2.29. The van der Waals surface area contributed by atoms with Crippen LogP contribution in [0.4, 0.5) is 0 Å². The van der Waals surface area contributed by atoms with Crippen molar-refractivity contribution in [2.75, 3.05) is 7.11 Å². The largest absolute Gasteiger partial charge is 0.381 e. The average molecular weight is 274 g/mol. The van der Waals surface area contributed by atoms with Crippen LogP contribution in [0.25, 0.3) is 0 Å². The third kappa shape index (κ3) is 2.58. The zero-order valence-electron chi connectivity index (χ0n) is 8.90. The number of aromatic nitrogens is 3. The second-order valence-electron chi connectivity index (χ2n) is 4.00. The minimum absolute atomic E-state index is 0.389. The molecule has 2 rings (SSSR count). The van der Waals surface area contributed by atoms with Gasteiger partial charge in [0.2, 0.25) is 0 Å². The van der Waals surface area contributed by atoms with Crippen LogP contribution in [-0.2, 0) is 10.1 Å². The molecule has 1 aromatic rings. The Morgan fingerprint density at radius 2 is 2.47 bits per heavy atom. The van der Waals surface area contributed by atoms with Gasteiger partial charge in [0, 0.05) is 18.6 Å². The number of methoxy groups -OCH3 is 1. The van der Waals surface area contributed by atoms with E-state index in [4.69, 9.17) is 4.74 Å². The van der Waals surface area contributed by atoms with Crippen LogP contribution in [0.15, 0.2) is 6.20 Å². The fraction of sp³-hybridized carbons (Fsp3) is 0.800. The second-order valence-corrected chi connectivity index (χ2v) is 4.56. The molecule has 2 unspecified atom stereocenters. The number of hydrogen-bond acceptors (Lipinski definition) is 3. The van der Waals surface area contributed by atoms with Crippen LogP contribution in [-0.4, -0.2) is 28.2 Å². The molecule has 1 aromatic heterocycles. The van der Waals surface area contributed by atoms with Crippen molar-refractivity contribution in [1.82, 2.24) is 15.0 Å². The lowest BCUT2D eigenvalue weighted by Crippen LogP contribution is -2.24. The summed E-state index contributed by atoms with van der Waals surface area (Å²) in [5.74, 6) is 0. The predicted molar refractivity (Wildman–Crippen MR) is 61.0 cm³/mol. The number of alkyl halides is 1. The lowest BCUT2D eigenvalue weighted by molar-refractivity contribution is 0.0504. The van der Waals surface area contributed by atoms with Crippen molar-refractivity contribution in [3.63, 3.8) is 0 Å². The molecule has 0 aromatic carbocycles. The summed E-state index contributed by atoms with van der Waals surface area (Å²) in [6.07, 6.45) is 7.05. The van der Waals surface area contributed by atoms with Gasteiger partial charge in [0.1, 0.15) is 0 Å². The zero-order valence-corrected chi connectivity index (χ0v) is 10.5. The first-order valence-electron chi connectivity index (χ1n) is 5.33. The lowest BCUT2D eigenvalue weighted by Gasteiger charge is -2.27. The first-order chi connectivity index (χ1) is 7.33. The Morgan fingerprint density at radius 3 is 3.13 bits per heavy atom. The van der Waals surface area contributed by atoms with Gasteiger partial charge in [-0.25, -0.2) is 4.68 Å². The first kappa shape index (κ1) is 11.1. The Bertz CT molecular complexity index is 315. The Labute approximate surface area is 98.1 Å². The van der Waals surface area contributed by atoms with E-state index >= 15 is 0 Å². The molecule has 15 heavy (non-hydrogen) atoms. The van der Waals surface area contributed by atoms with Crippen LogP contribution in [0.3, 0.4) is 0 Å². The van der Waals surface area contributed by atoms with E-state index in [-0.39, 0.29) is 0 Å². The normalized spacial score (nSPS) is 26.8. The fourth-order valence-electron chi connectivity index (χ4n) is 2.13. The highest BCUT2D eigenvalue weighted by Gasteiger charge is 2.23. The topological polar surface area (TPSA) is 39.9 Å². The molecule has 5 heteroatoms. The van der Waals surface area contributed by atoms with Gasteiger partial charge in [-0.15, -0.1) is 5.10 Å². The third-order valence-corrected chi connectivity index (χ3v) is 3.58. The summed E-state index contributed by atoms with van der Waals surface area (Å²) < 4.78 is 7.39. The maximum Gasteiger partial charge on any atom is 0.0932 e. The van der Waals surface area contributed by atoms with Gasteiger partial charge in [0.05, 0.1) is 17.8 Å². The van der Waals surface area contributed by atoms with Crippen molar-refractivity contribution in [3.05, 3.63) is 11.9 Å². The summed E-state index contributed by atoms with van der Waals surface area (Å²) in [6.45, 7) is 0. The SMILES string of the molecule is COC1CCCC(n2cc(CBr)nn2)C1. The van der Waals surface area contributed by atoms with E-state index < -0.39 is 0 Å². The predicted octanol–water partition coefficient (Wildman–Crippen LogP) is 2.30. The molecule has 1 saturated carbocycles. The van der Waals surface area contributed by atoms with Gasteiger partial charge in [-0.3, -0.25) is 0 Å². The molecule has 1 aliphatic carbocycles. The van der Waals surface area contributed by atoms with E-state index in [0.29, 0.717) is 12.1 Å². The van der Waals surface area contributed by atoms with E-state index in [1.54, 1.807) is 7.11 Å². The van der Waals surface area contributed by atoms with Crippen molar-refractivity contribution >= 4 is 15.9 Å². The summed E-state index contributed by atoms with van der Waals surface area (Å²) in [6, 6.07) is 0.462. The average Bonchev–Trinajstić information content (AvgIpc) is 2.78. The maximum atomic E-state index is 5.41. The second kappa shape index (κ2) is 5.07. The number of rotatable bonds is 3. The zero-order chi connectivity index (χ0) is 10.7. The molecule has 4 nitrogen and oxygen atoms in total. The molecule has 0 amide bonds. The van der Waals surface area contributed by atoms with Crippen molar-refractivity contribution in [2.45, 2.75) is 43.2 Å². The highest BCUT2D eigenvalue weighted by atomic mass is 79.9. The van der Waals surface area contributed by atoms with Crippen LogP contribution in [0, 0.1) is 0 Å². The molecule has 0 spiro atoms. The molecule has 0 aliphatic heterocycles. The van der Waals surface area contributed by atoms with Crippen LogP contribution in [0.5, 0.6) is 0 Å². The Morgan fingerprint density at radius 1 is 1.60 bits per heavy atom. The monoisotopic (exact) mass is 273 g/mol. The quantitative estimate of drug-likeness (QED) is 0.794. The Hall–Kier alpha value is -0.420. The van der Waals surface area contributed by atoms with Gasteiger partial charge in [-0.1, -0.05) is 21.1 Å². The van der Waals surface area contributed by atoms with Crippen molar-refractivity contribution in [1.29, 1.82) is 0 Å². The van der Waals surface area contributed by atoms with Crippen LogP contribution in [0.2, 0.25) is 0 Å². The summed E-state index contributed by atoms with van der Waals surface area (Å²) in [4.78, 5) is 0. The molecule has 84 valence electrons. The lowest BCUT2D eigenvalue weighted by atomic mass is 9.93. The molecule has 0 saturated heterocycles. The van der Waals surface area contributed by atoms with Gasteiger partial charge < -0.3 is 4.74 Å². The Kier molecular flexibility index (Phi) is 3.75. The van der Waals surface area contributed by atoms with Crippen LogP contribution in [0.1, 0.15) is 37.4 Å². The summed E-state index contributed by atoms with van der Waals surface area (Å²) in [5.41, 5.74) is 0.995. The minimum Gasteiger partial charge on any atom is -0.381 e. The van der Waals surface area contributed by atoms with E-state index in [9.17, 15) is 0 Å². The van der Waals surface area contributed by atoms with Gasteiger partial charge in [-0.2, -0.15) is 0 Å². The molecule has 1 fully saturated rings. The van der Waals surface area contributed by atoms with Gasteiger partial charge in [-0.05, 0) is 25.7 Å². The molecule has 1 heterocycles. The number of nitrogens with zero attached hydrogens (tertiary/aromatic N) is 3. The van der Waals surface area contributed by atoms with E-state index in [1.807, 2.05) is 10.9 Å². The standard InChI is InChI=1S/C10H16BrN3O/c1-15-10-4-2-3-9(5-10)14-7-8(6-11)12-13-14/h7,9-10H,2-6H2,1H3. The minimum atomic E-state index is 0.389. The van der Waals surface area contributed by atoms with Gasteiger partial charge in [0.15, 0.2) is 0 Å². The van der Waals surface area contributed by atoms with Crippen molar-refractivity contribution in [2.24, 2.45) is 0 Å². The molecular formula is C10H16BrN3O. The fourth-order valence-corrected chi connectivity index (χ4v) is 2.38. The van der Waals surface area contributed by atoms with Crippen molar-refractivity contribution in [3.8, 4) is 0 Å². The van der Waals surface area contributed by atoms with E-state index in [2.05, 4.69) is 26.2 Å². The summed E-state index contributed by atoms with van der Waals surface area (Å²) in [5, 5.41) is 9.02. The van der Waals surface area contributed by atoms with Gasteiger partial charge in [0.25, 0.3) is 0 Å². The molecule has 0 radical (unpaired) electrons. The first-order valence-corrected chi connectivity index (χ1v) is 6.45. The Balaban J connectivity index is 2.03. The van der Waals surface area contributed by atoms with Crippen LogP contribution < -0.4 is 0 Å².